The van der Waals surface area contributed by atoms with Gasteiger partial charge < -0.3 is 20.1 Å². The zero-order chi connectivity index (χ0) is 18.5. The summed E-state index contributed by atoms with van der Waals surface area (Å²) in [4.78, 5) is 20.6. The normalized spacial score (nSPS) is 15.8. The molecule has 0 aliphatic carbocycles. The highest BCUT2D eigenvalue weighted by molar-refractivity contribution is 5.93. The van der Waals surface area contributed by atoms with Crippen molar-refractivity contribution in [3.05, 3.63) is 41.7 Å². The minimum absolute atomic E-state index is 0.179. The Balaban J connectivity index is 1.53. The number of carbonyl (C=O) groups excluding carboxylic acids is 1. The van der Waals surface area contributed by atoms with E-state index in [0.29, 0.717) is 24.7 Å². The van der Waals surface area contributed by atoms with E-state index in [9.17, 15) is 4.79 Å². The maximum absolute atomic E-state index is 12.3. The second-order valence-corrected chi connectivity index (χ2v) is 6.66. The van der Waals surface area contributed by atoms with E-state index in [2.05, 4.69) is 20.6 Å². The van der Waals surface area contributed by atoms with Crippen molar-refractivity contribution in [1.29, 1.82) is 0 Å². The molecule has 1 aromatic carbocycles. The molecule has 1 atom stereocenters. The molecule has 1 aliphatic rings. The fourth-order valence-corrected chi connectivity index (χ4v) is 2.79. The summed E-state index contributed by atoms with van der Waals surface area (Å²) >= 11 is 0. The van der Waals surface area contributed by atoms with Crippen LogP contribution in [-0.4, -0.2) is 42.2 Å². The van der Waals surface area contributed by atoms with Gasteiger partial charge in [0.2, 0.25) is 5.95 Å². The van der Waals surface area contributed by atoms with Crippen LogP contribution in [0.1, 0.15) is 29.8 Å². The summed E-state index contributed by atoms with van der Waals surface area (Å²) in [5.74, 6) is 2.20. The smallest absolute Gasteiger partial charge is 0.254 e. The van der Waals surface area contributed by atoms with Gasteiger partial charge in [-0.2, -0.15) is 0 Å². The molecular weight excluding hydrogens is 332 g/mol. The van der Waals surface area contributed by atoms with Gasteiger partial charge in [-0.25, -0.2) is 9.97 Å². The summed E-state index contributed by atoms with van der Waals surface area (Å²) in [6.07, 6.45) is 3.92. The lowest BCUT2D eigenvalue weighted by Crippen LogP contribution is -2.35. The number of methoxy groups -OCH3 is 1. The van der Waals surface area contributed by atoms with E-state index < -0.39 is 0 Å². The van der Waals surface area contributed by atoms with Crippen LogP contribution in [0, 0.1) is 5.92 Å². The van der Waals surface area contributed by atoms with Crippen LogP contribution in [0.25, 0.3) is 0 Å². The standard InChI is InChI=1S/C19H24N4O3/c1-12(2)23-19-21-9-15(10-22-19)18(24)20-8-13-6-14-4-5-16(25-3)7-17(14)26-11-13/h4-5,7,9-10,12-13H,6,8,11H2,1-3H3,(H,20,24)(H,21,22,23)/t13-/m0/s1. The molecule has 0 fully saturated rings. The van der Waals surface area contributed by atoms with E-state index in [4.69, 9.17) is 9.47 Å². The summed E-state index contributed by atoms with van der Waals surface area (Å²) < 4.78 is 11.0. The van der Waals surface area contributed by atoms with Gasteiger partial charge in [0, 0.05) is 37.0 Å². The van der Waals surface area contributed by atoms with E-state index in [0.717, 1.165) is 23.5 Å². The van der Waals surface area contributed by atoms with E-state index in [1.807, 2.05) is 32.0 Å². The number of hydrogen-bond donors (Lipinski definition) is 2. The molecule has 0 saturated carbocycles. The highest BCUT2D eigenvalue weighted by Gasteiger charge is 2.21. The van der Waals surface area contributed by atoms with Crippen molar-refractivity contribution in [2.45, 2.75) is 26.3 Å². The number of rotatable bonds is 6. The third-order valence-electron chi connectivity index (χ3n) is 4.14. The van der Waals surface area contributed by atoms with Crippen molar-refractivity contribution in [1.82, 2.24) is 15.3 Å². The van der Waals surface area contributed by atoms with Gasteiger partial charge in [0.25, 0.3) is 5.91 Å². The Hall–Kier alpha value is -2.83. The van der Waals surface area contributed by atoms with E-state index >= 15 is 0 Å². The summed E-state index contributed by atoms with van der Waals surface area (Å²) in [6, 6.07) is 6.07. The second kappa shape index (κ2) is 8.03. The molecule has 0 saturated heterocycles. The first kappa shape index (κ1) is 18.0. The van der Waals surface area contributed by atoms with Crippen LogP contribution < -0.4 is 20.1 Å². The monoisotopic (exact) mass is 356 g/mol. The van der Waals surface area contributed by atoms with Crippen molar-refractivity contribution in [3.63, 3.8) is 0 Å². The minimum atomic E-state index is -0.179. The number of nitrogens with one attached hydrogen (secondary N) is 2. The Labute approximate surface area is 153 Å². The van der Waals surface area contributed by atoms with Crippen LogP contribution in [0.4, 0.5) is 5.95 Å². The van der Waals surface area contributed by atoms with Gasteiger partial charge in [-0.3, -0.25) is 4.79 Å². The molecule has 1 aliphatic heterocycles. The van der Waals surface area contributed by atoms with Gasteiger partial charge in [-0.1, -0.05) is 6.07 Å². The van der Waals surface area contributed by atoms with Crippen LogP contribution in [0.5, 0.6) is 11.5 Å². The Bertz CT molecular complexity index is 762. The molecule has 2 N–H and O–H groups in total. The molecule has 3 rings (SSSR count). The molecule has 7 heteroatoms. The molecule has 1 aromatic heterocycles. The quantitative estimate of drug-likeness (QED) is 0.826. The zero-order valence-corrected chi connectivity index (χ0v) is 15.3. The topological polar surface area (TPSA) is 85.4 Å². The number of benzene rings is 1. The van der Waals surface area contributed by atoms with Crippen LogP contribution in [0.15, 0.2) is 30.6 Å². The van der Waals surface area contributed by atoms with Crippen molar-refractivity contribution < 1.29 is 14.3 Å². The number of nitrogens with zero attached hydrogens (tertiary/aromatic N) is 2. The molecule has 1 amide bonds. The van der Waals surface area contributed by atoms with E-state index in [1.54, 1.807) is 7.11 Å². The van der Waals surface area contributed by atoms with Gasteiger partial charge >= 0.3 is 0 Å². The second-order valence-electron chi connectivity index (χ2n) is 6.66. The number of amides is 1. The first-order valence-corrected chi connectivity index (χ1v) is 8.71. The lowest BCUT2D eigenvalue weighted by Gasteiger charge is -2.25. The molecular formula is C19H24N4O3. The van der Waals surface area contributed by atoms with Crippen LogP contribution in [0.3, 0.4) is 0 Å². The predicted molar refractivity (Wildman–Crippen MR) is 98.8 cm³/mol. The SMILES string of the molecule is COc1ccc2c(c1)OC[C@H](CNC(=O)c1cnc(NC(C)C)nc1)C2. The molecule has 2 aromatic rings. The minimum Gasteiger partial charge on any atom is -0.497 e. The Morgan fingerprint density at radius 3 is 2.81 bits per heavy atom. The molecule has 0 bridgehead atoms. The first-order valence-electron chi connectivity index (χ1n) is 8.71. The maximum Gasteiger partial charge on any atom is 0.254 e. The number of anilines is 1. The molecule has 0 unspecified atom stereocenters. The van der Waals surface area contributed by atoms with E-state index in [-0.39, 0.29) is 17.9 Å². The lowest BCUT2D eigenvalue weighted by molar-refractivity contribution is 0.0938. The number of hydrogen-bond acceptors (Lipinski definition) is 6. The molecule has 0 spiro atoms. The highest BCUT2D eigenvalue weighted by Crippen LogP contribution is 2.30. The molecule has 2 heterocycles. The summed E-state index contributed by atoms with van der Waals surface area (Å²) in [5.41, 5.74) is 1.57. The molecule has 138 valence electrons. The summed E-state index contributed by atoms with van der Waals surface area (Å²) in [6.45, 7) is 5.11. The summed E-state index contributed by atoms with van der Waals surface area (Å²) in [5, 5.41) is 6.03. The Morgan fingerprint density at radius 2 is 2.12 bits per heavy atom. The van der Waals surface area contributed by atoms with Crippen LogP contribution in [-0.2, 0) is 6.42 Å². The van der Waals surface area contributed by atoms with Gasteiger partial charge in [0.05, 0.1) is 19.3 Å². The fourth-order valence-electron chi connectivity index (χ4n) is 2.79. The third-order valence-corrected chi connectivity index (χ3v) is 4.14. The van der Waals surface area contributed by atoms with Gasteiger partial charge in [-0.15, -0.1) is 0 Å². The van der Waals surface area contributed by atoms with Gasteiger partial charge in [0.1, 0.15) is 11.5 Å². The number of carbonyl (C=O) groups is 1. The fraction of sp³-hybridized carbons (Fsp3) is 0.421. The third kappa shape index (κ3) is 4.41. The summed E-state index contributed by atoms with van der Waals surface area (Å²) in [7, 11) is 1.64. The molecule has 7 nitrogen and oxygen atoms in total. The van der Waals surface area contributed by atoms with Crippen molar-refractivity contribution in [3.8, 4) is 11.5 Å². The number of ether oxygens (including phenoxy) is 2. The van der Waals surface area contributed by atoms with Crippen molar-refractivity contribution in [2.24, 2.45) is 5.92 Å². The Kier molecular flexibility index (Phi) is 5.55. The average Bonchev–Trinajstić information content (AvgIpc) is 2.65. The van der Waals surface area contributed by atoms with Crippen molar-refractivity contribution in [2.75, 3.05) is 25.6 Å². The zero-order valence-electron chi connectivity index (χ0n) is 15.3. The predicted octanol–water partition coefficient (Wildman–Crippen LogP) is 2.29. The average molecular weight is 356 g/mol. The Morgan fingerprint density at radius 1 is 1.35 bits per heavy atom. The lowest BCUT2D eigenvalue weighted by atomic mass is 9.96. The van der Waals surface area contributed by atoms with Gasteiger partial charge in [-0.05, 0) is 31.9 Å². The highest BCUT2D eigenvalue weighted by atomic mass is 16.5. The van der Waals surface area contributed by atoms with Crippen LogP contribution >= 0.6 is 0 Å². The maximum atomic E-state index is 12.3. The molecule has 0 radical (unpaired) electrons. The number of aromatic nitrogens is 2. The first-order chi connectivity index (χ1) is 12.5. The largest absolute Gasteiger partial charge is 0.497 e. The van der Waals surface area contributed by atoms with E-state index in [1.165, 1.54) is 12.4 Å². The molecule has 26 heavy (non-hydrogen) atoms. The van der Waals surface area contributed by atoms with Crippen molar-refractivity contribution >= 4 is 11.9 Å². The van der Waals surface area contributed by atoms with Gasteiger partial charge in [0.15, 0.2) is 0 Å². The number of fused-ring (bicyclic) bond motifs is 1. The van der Waals surface area contributed by atoms with Crippen LogP contribution in [0.2, 0.25) is 0 Å².